The van der Waals surface area contributed by atoms with Gasteiger partial charge in [-0.3, -0.25) is 4.99 Å². The largest absolute Gasteiger partial charge is 0.253 e. The minimum Gasteiger partial charge on any atom is -0.253 e. The molecule has 0 saturated heterocycles. The van der Waals surface area contributed by atoms with Crippen molar-refractivity contribution in [2.75, 3.05) is 0 Å². The molecule has 0 unspecified atom stereocenters. The summed E-state index contributed by atoms with van der Waals surface area (Å²) in [6, 6.07) is 18.7. The third-order valence-electron chi connectivity index (χ3n) is 3.76. The molecule has 21 heavy (non-hydrogen) atoms. The lowest BCUT2D eigenvalue weighted by molar-refractivity contribution is 1.39. The average molecular weight is 273 g/mol. The smallest absolute Gasteiger partial charge is 0.0633 e. The number of allylic oxidation sites excluding steroid dienone is 4. The van der Waals surface area contributed by atoms with Crippen LogP contribution in [-0.4, -0.2) is 5.71 Å². The van der Waals surface area contributed by atoms with Gasteiger partial charge in [-0.1, -0.05) is 60.2 Å². The third-order valence-corrected chi connectivity index (χ3v) is 3.76. The van der Waals surface area contributed by atoms with Crippen molar-refractivity contribution in [2.24, 2.45) is 4.99 Å². The van der Waals surface area contributed by atoms with Gasteiger partial charge in [-0.2, -0.15) is 0 Å². The van der Waals surface area contributed by atoms with Crippen LogP contribution in [0.15, 0.2) is 77.3 Å². The van der Waals surface area contributed by atoms with Crippen LogP contribution in [0.2, 0.25) is 0 Å². The van der Waals surface area contributed by atoms with Gasteiger partial charge in [-0.05, 0) is 43.5 Å². The molecule has 1 aliphatic rings. The molecule has 0 fully saturated rings. The van der Waals surface area contributed by atoms with Gasteiger partial charge in [0.15, 0.2) is 0 Å². The van der Waals surface area contributed by atoms with Gasteiger partial charge < -0.3 is 0 Å². The molecule has 1 nitrogen and oxygen atoms in total. The predicted octanol–water partition coefficient (Wildman–Crippen LogP) is 5.56. The van der Waals surface area contributed by atoms with E-state index in [1.165, 1.54) is 22.3 Å². The van der Waals surface area contributed by atoms with Gasteiger partial charge in [-0.15, -0.1) is 0 Å². The van der Waals surface area contributed by atoms with Gasteiger partial charge in [0.25, 0.3) is 0 Å². The minimum absolute atomic E-state index is 1.000. The molecule has 2 aromatic carbocycles. The minimum atomic E-state index is 1.000. The normalized spacial score (nSPS) is 14.9. The van der Waals surface area contributed by atoms with Crippen molar-refractivity contribution in [3.05, 3.63) is 83.4 Å². The van der Waals surface area contributed by atoms with Gasteiger partial charge >= 0.3 is 0 Å². The second kappa shape index (κ2) is 5.92. The van der Waals surface area contributed by atoms with Crippen LogP contribution in [0, 0.1) is 0 Å². The third kappa shape index (κ3) is 3.03. The fourth-order valence-corrected chi connectivity index (χ4v) is 2.69. The molecule has 0 saturated carbocycles. The molecule has 0 bridgehead atoms. The molecule has 0 aliphatic heterocycles. The standard InChI is InChI=1S/C20H19N/c1-15-12-13-17(14-15)20-11-7-6-10-19(20)16(2)21-18-8-4-3-5-9-18/h3-12,14H,13H2,1-2H3. The number of para-hydroxylation sites is 1. The van der Waals surface area contributed by atoms with E-state index < -0.39 is 0 Å². The predicted molar refractivity (Wildman–Crippen MR) is 91.1 cm³/mol. The first-order chi connectivity index (χ1) is 10.2. The highest BCUT2D eigenvalue weighted by atomic mass is 14.7. The van der Waals surface area contributed by atoms with E-state index in [1.54, 1.807) is 0 Å². The second-order valence-electron chi connectivity index (χ2n) is 5.40. The summed E-state index contributed by atoms with van der Waals surface area (Å²) in [5.74, 6) is 0. The number of benzene rings is 2. The molecular formula is C20H19N. The van der Waals surface area contributed by atoms with Crippen LogP contribution in [0.25, 0.3) is 5.57 Å². The van der Waals surface area contributed by atoms with E-state index in [-0.39, 0.29) is 0 Å². The Labute approximate surface area is 126 Å². The van der Waals surface area contributed by atoms with E-state index in [9.17, 15) is 0 Å². The summed E-state index contributed by atoms with van der Waals surface area (Å²) in [4.78, 5) is 4.75. The van der Waals surface area contributed by atoms with Crippen molar-refractivity contribution < 1.29 is 0 Å². The Morgan fingerprint density at radius 3 is 2.38 bits per heavy atom. The van der Waals surface area contributed by atoms with Crippen molar-refractivity contribution in [3.63, 3.8) is 0 Å². The van der Waals surface area contributed by atoms with Crippen molar-refractivity contribution >= 4 is 17.0 Å². The monoisotopic (exact) mass is 273 g/mol. The van der Waals surface area contributed by atoms with Crippen molar-refractivity contribution in [1.82, 2.24) is 0 Å². The quantitative estimate of drug-likeness (QED) is 0.649. The highest BCUT2D eigenvalue weighted by molar-refractivity contribution is 6.04. The number of rotatable bonds is 3. The summed E-state index contributed by atoms with van der Waals surface area (Å²) in [5.41, 5.74) is 7.29. The Kier molecular flexibility index (Phi) is 3.83. The Morgan fingerprint density at radius 1 is 0.952 bits per heavy atom. The van der Waals surface area contributed by atoms with E-state index >= 15 is 0 Å². The molecule has 0 radical (unpaired) electrons. The molecule has 0 N–H and O–H groups in total. The Morgan fingerprint density at radius 2 is 1.67 bits per heavy atom. The second-order valence-corrected chi connectivity index (χ2v) is 5.40. The van der Waals surface area contributed by atoms with Crippen LogP contribution >= 0.6 is 0 Å². The summed E-state index contributed by atoms with van der Waals surface area (Å²) < 4.78 is 0. The topological polar surface area (TPSA) is 12.4 Å². The molecule has 3 rings (SSSR count). The summed E-state index contributed by atoms with van der Waals surface area (Å²) >= 11 is 0. The molecule has 0 amide bonds. The molecule has 104 valence electrons. The highest BCUT2D eigenvalue weighted by Gasteiger charge is 2.12. The maximum absolute atomic E-state index is 4.75. The zero-order chi connectivity index (χ0) is 14.7. The number of aliphatic imine (C=N–C) groups is 1. The lowest BCUT2D eigenvalue weighted by Gasteiger charge is -2.10. The van der Waals surface area contributed by atoms with E-state index in [4.69, 9.17) is 4.99 Å². The van der Waals surface area contributed by atoms with Gasteiger partial charge in [0, 0.05) is 11.3 Å². The van der Waals surface area contributed by atoms with Crippen LogP contribution in [-0.2, 0) is 0 Å². The maximum atomic E-state index is 4.75. The number of nitrogens with zero attached hydrogens (tertiary/aromatic N) is 1. The molecule has 1 aliphatic carbocycles. The van der Waals surface area contributed by atoms with Gasteiger partial charge in [-0.25, -0.2) is 0 Å². The van der Waals surface area contributed by atoms with Crippen LogP contribution in [0.1, 0.15) is 31.4 Å². The van der Waals surface area contributed by atoms with Gasteiger partial charge in [0.2, 0.25) is 0 Å². The zero-order valence-electron chi connectivity index (χ0n) is 12.5. The van der Waals surface area contributed by atoms with Crippen molar-refractivity contribution in [1.29, 1.82) is 0 Å². The lowest BCUT2D eigenvalue weighted by Crippen LogP contribution is -1.99. The summed E-state index contributed by atoms with van der Waals surface area (Å²) in [5, 5.41) is 0. The van der Waals surface area contributed by atoms with E-state index in [0.29, 0.717) is 0 Å². The van der Waals surface area contributed by atoms with Gasteiger partial charge in [0.1, 0.15) is 0 Å². The van der Waals surface area contributed by atoms with Gasteiger partial charge in [0.05, 0.1) is 5.69 Å². The van der Waals surface area contributed by atoms with Crippen LogP contribution in [0.5, 0.6) is 0 Å². The summed E-state index contributed by atoms with van der Waals surface area (Å²) in [6.45, 7) is 4.24. The van der Waals surface area contributed by atoms with Crippen molar-refractivity contribution in [2.45, 2.75) is 20.3 Å². The first kappa shape index (κ1) is 13.6. The molecular weight excluding hydrogens is 254 g/mol. The van der Waals surface area contributed by atoms with Crippen LogP contribution in [0.4, 0.5) is 5.69 Å². The highest BCUT2D eigenvalue weighted by Crippen LogP contribution is 2.30. The average Bonchev–Trinajstić information content (AvgIpc) is 2.95. The van der Waals surface area contributed by atoms with Crippen molar-refractivity contribution in [3.8, 4) is 0 Å². The number of hydrogen-bond acceptors (Lipinski definition) is 1. The Balaban J connectivity index is 2.00. The maximum Gasteiger partial charge on any atom is 0.0633 e. The zero-order valence-corrected chi connectivity index (χ0v) is 12.5. The summed E-state index contributed by atoms with van der Waals surface area (Å²) in [7, 11) is 0. The Bertz CT molecular complexity index is 733. The van der Waals surface area contributed by atoms with E-state index in [0.717, 1.165) is 17.8 Å². The Hall–Kier alpha value is -2.41. The fourth-order valence-electron chi connectivity index (χ4n) is 2.69. The van der Waals surface area contributed by atoms with Crippen LogP contribution < -0.4 is 0 Å². The first-order valence-electron chi connectivity index (χ1n) is 7.31. The van der Waals surface area contributed by atoms with E-state index in [2.05, 4.69) is 50.3 Å². The molecule has 0 atom stereocenters. The summed E-state index contributed by atoms with van der Waals surface area (Å²) in [6.07, 6.45) is 5.56. The molecule has 0 spiro atoms. The number of hydrogen-bond donors (Lipinski definition) is 0. The molecule has 1 heteroatoms. The lowest BCUT2D eigenvalue weighted by atomic mass is 9.96. The fraction of sp³-hybridized carbons (Fsp3) is 0.150. The first-order valence-corrected chi connectivity index (χ1v) is 7.31. The molecule has 2 aromatic rings. The SMILES string of the molecule is CC1=CCC(c2ccccc2C(C)=Nc2ccccc2)=C1. The molecule has 0 heterocycles. The molecule has 0 aromatic heterocycles. The van der Waals surface area contributed by atoms with E-state index in [1.807, 2.05) is 30.3 Å². The van der Waals surface area contributed by atoms with Crippen LogP contribution in [0.3, 0.4) is 0 Å².